The summed E-state index contributed by atoms with van der Waals surface area (Å²) in [5.74, 6) is -0.803. The van der Waals surface area contributed by atoms with E-state index < -0.39 is 17.1 Å². The van der Waals surface area contributed by atoms with Gasteiger partial charge in [-0.05, 0) is 72.3 Å². The highest BCUT2D eigenvalue weighted by molar-refractivity contribution is 8.00. The number of rotatable bonds is 10. The molecule has 0 bridgehead atoms. The number of halogens is 2. The molecule has 1 aromatic heterocycles. The van der Waals surface area contributed by atoms with E-state index in [9.17, 15) is 14.4 Å². The lowest BCUT2D eigenvalue weighted by Crippen LogP contribution is -2.30. The highest BCUT2D eigenvalue weighted by Crippen LogP contribution is 2.36. The van der Waals surface area contributed by atoms with Crippen LogP contribution in [0.4, 0.5) is 11.5 Å². The second-order valence-electron chi connectivity index (χ2n) is 9.60. The van der Waals surface area contributed by atoms with Gasteiger partial charge in [0.2, 0.25) is 5.91 Å². The maximum absolute atomic E-state index is 13.5. The van der Waals surface area contributed by atoms with E-state index in [-0.39, 0.29) is 11.6 Å². The lowest BCUT2D eigenvalue weighted by molar-refractivity contribution is -0.116. The van der Waals surface area contributed by atoms with E-state index in [4.69, 9.17) is 23.2 Å². The van der Waals surface area contributed by atoms with Crippen molar-refractivity contribution in [2.75, 3.05) is 10.6 Å². The van der Waals surface area contributed by atoms with E-state index in [1.54, 1.807) is 97.2 Å². The van der Waals surface area contributed by atoms with Gasteiger partial charge in [0, 0.05) is 38.0 Å². The van der Waals surface area contributed by atoms with Crippen molar-refractivity contribution in [3.05, 3.63) is 160 Å². The van der Waals surface area contributed by atoms with Crippen molar-refractivity contribution in [2.45, 2.75) is 10.1 Å². The Balaban J connectivity index is 1.35. The van der Waals surface area contributed by atoms with E-state index >= 15 is 0 Å². The first kappa shape index (κ1) is 31.5. The number of benzene rings is 4. The Morgan fingerprint density at radius 3 is 2.00 bits per heavy atom. The van der Waals surface area contributed by atoms with Crippen LogP contribution in [0.2, 0.25) is 10.0 Å². The normalized spacial score (nSPS) is 11.7. The van der Waals surface area contributed by atoms with Gasteiger partial charge in [-0.1, -0.05) is 83.9 Å². The fraction of sp³-hybridized carbons (Fsp3) is 0.0286. The number of nitrogens with one attached hydrogen (secondary N) is 3. The average molecular weight is 654 g/mol. The maximum atomic E-state index is 13.5. The molecule has 1 unspecified atom stereocenters. The number of anilines is 2. The molecule has 10 heteroatoms. The predicted molar refractivity (Wildman–Crippen MR) is 181 cm³/mol. The van der Waals surface area contributed by atoms with Crippen molar-refractivity contribution in [3.8, 4) is 0 Å². The number of amides is 3. The highest BCUT2D eigenvalue weighted by Gasteiger charge is 2.23. The molecule has 0 aliphatic carbocycles. The molecule has 4 aromatic carbocycles. The van der Waals surface area contributed by atoms with Crippen molar-refractivity contribution in [1.82, 2.24) is 10.3 Å². The predicted octanol–water partition coefficient (Wildman–Crippen LogP) is 8.27. The second-order valence-corrected chi connectivity index (χ2v) is 11.6. The van der Waals surface area contributed by atoms with Crippen LogP contribution in [0, 0.1) is 0 Å². The number of hydrogen-bond acceptors (Lipinski definition) is 5. The SMILES string of the molecule is O=C(Nc1ccc(SC(C(=O)Nc2ccccn2)c2ccccc2)cc1)/C(=C/c1c(Cl)cccc1Cl)NC(=O)c1ccccc1. The summed E-state index contributed by atoms with van der Waals surface area (Å²) in [6.07, 6.45) is 3.06. The van der Waals surface area contributed by atoms with E-state index in [2.05, 4.69) is 20.9 Å². The van der Waals surface area contributed by atoms with E-state index in [0.717, 1.165) is 10.5 Å². The van der Waals surface area contributed by atoms with Gasteiger partial charge >= 0.3 is 0 Å². The van der Waals surface area contributed by atoms with Crippen molar-refractivity contribution < 1.29 is 14.4 Å². The summed E-state index contributed by atoms with van der Waals surface area (Å²) in [7, 11) is 0. The Morgan fingerprint density at radius 2 is 1.36 bits per heavy atom. The van der Waals surface area contributed by atoms with Crippen LogP contribution in [-0.4, -0.2) is 22.7 Å². The molecule has 7 nitrogen and oxygen atoms in total. The quantitative estimate of drug-likeness (QED) is 0.104. The van der Waals surface area contributed by atoms with Crippen LogP contribution in [0.15, 0.2) is 138 Å². The third-order valence-electron chi connectivity index (χ3n) is 6.44. The molecule has 5 rings (SSSR count). The standard InChI is InChI=1S/C35H26Cl2N4O3S/c36-28-14-9-15-29(37)27(28)22-30(40-33(42)24-12-5-2-6-13-24)34(43)39-25-17-19-26(20-18-25)45-32(23-10-3-1-4-11-23)35(44)41-31-16-7-8-21-38-31/h1-22,32H,(H,39,43)(H,40,42)(H,38,41,44)/b30-22-. The number of aromatic nitrogens is 1. The van der Waals surface area contributed by atoms with Crippen molar-refractivity contribution in [1.29, 1.82) is 0 Å². The molecular formula is C35H26Cl2N4O3S. The molecule has 0 aliphatic rings. The molecule has 0 spiro atoms. The second kappa shape index (κ2) is 15.2. The molecule has 5 aromatic rings. The van der Waals surface area contributed by atoms with Crippen molar-refractivity contribution in [3.63, 3.8) is 0 Å². The number of carbonyl (C=O) groups excluding carboxylic acids is 3. The summed E-state index contributed by atoms with van der Waals surface area (Å²) in [6.45, 7) is 0. The van der Waals surface area contributed by atoms with Crippen LogP contribution in [0.1, 0.15) is 26.7 Å². The molecule has 0 saturated heterocycles. The Labute approximate surface area is 274 Å². The Morgan fingerprint density at radius 1 is 0.711 bits per heavy atom. The zero-order valence-electron chi connectivity index (χ0n) is 23.6. The smallest absolute Gasteiger partial charge is 0.272 e. The summed E-state index contributed by atoms with van der Waals surface area (Å²) in [5, 5.41) is 8.47. The minimum atomic E-state index is -0.576. The molecule has 1 heterocycles. The Bertz CT molecular complexity index is 1800. The first-order chi connectivity index (χ1) is 21.9. The molecular weight excluding hydrogens is 627 g/mol. The first-order valence-corrected chi connectivity index (χ1v) is 15.4. The van der Waals surface area contributed by atoms with E-state index in [1.807, 2.05) is 30.3 Å². The summed E-state index contributed by atoms with van der Waals surface area (Å²) < 4.78 is 0. The van der Waals surface area contributed by atoms with Gasteiger partial charge in [0.05, 0.1) is 0 Å². The highest BCUT2D eigenvalue weighted by atomic mass is 35.5. The molecule has 0 saturated carbocycles. The number of hydrogen-bond donors (Lipinski definition) is 3. The van der Waals surface area contributed by atoms with Crippen LogP contribution >= 0.6 is 35.0 Å². The van der Waals surface area contributed by atoms with Gasteiger partial charge in [0.1, 0.15) is 16.8 Å². The Kier molecular flexibility index (Phi) is 10.7. The number of nitrogens with zero attached hydrogens (tertiary/aromatic N) is 1. The molecule has 1 atom stereocenters. The minimum Gasteiger partial charge on any atom is -0.321 e. The number of thioether (sulfide) groups is 1. The largest absolute Gasteiger partial charge is 0.321 e. The van der Waals surface area contributed by atoms with Crippen LogP contribution in [0.3, 0.4) is 0 Å². The van der Waals surface area contributed by atoms with Gasteiger partial charge in [0.25, 0.3) is 11.8 Å². The van der Waals surface area contributed by atoms with Crippen LogP contribution < -0.4 is 16.0 Å². The average Bonchev–Trinajstić information content (AvgIpc) is 3.06. The topological polar surface area (TPSA) is 100 Å². The summed E-state index contributed by atoms with van der Waals surface area (Å²) >= 11 is 14.1. The lowest BCUT2D eigenvalue weighted by atomic mass is 10.1. The van der Waals surface area contributed by atoms with E-state index in [0.29, 0.717) is 32.7 Å². The zero-order chi connectivity index (χ0) is 31.6. The van der Waals surface area contributed by atoms with Crippen molar-refractivity contribution in [2.24, 2.45) is 0 Å². The van der Waals surface area contributed by atoms with Gasteiger partial charge in [-0.3, -0.25) is 14.4 Å². The van der Waals surface area contributed by atoms with Crippen LogP contribution in [0.5, 0.6) is 0 Å². The van der Waals surface area contributed by atoms with E-state index in [1.165, 1.54) is 17.8 Å². The van der Waals surface area contributed by atoms with Crippen LogP contribution in [-0.2, 0) is 9.59 Å². The minimum absolute atomic E-state index is 0.0485. The van der Waals surface area contributed by atoms with Gasteiger partial charge in [-0.15, -0.1) is 11.8 Å². The lowest BCUT2D eigenvalue weighted by Gasteiger charge is -2.17. The molecule has 3 amide bonds. The molecule has 0 radical (unpaired) electrons. The monoisotopic (exact) mass is 652 g/mol. The fourth-order valence-corrected chi connectivity index (χ4v) is 5.75. The molecule has 0 aliphatic heterocycles. The van der Waals surface area contributed by atoms with Gasteiger partial charge < -0.3 is 16.0 Å². The third kappa shape index (κ3) is 8.61. The third-order valence-corrected chi connectivity index (χ3v) is 8.37. The summed E-state index contributed by atoms with van der Waals surface area (Å²) in [4.78, 5) is 44.7. The summed E-state index contributed by atoms with van der Waals surface area (Å²) in [6, 6.07) is 35.3. The fourth-order valence-electron chi connectivity index (χ4n) is 4.22. The van der Waals surface area contributed by atoms with Crippen molar-refractivity contribution >= 4 is 70.3 Å². The molecule has 0 fully saturated rings. The van der Waals surface area contributed by atoms with Gasteiger partial charge in [-0.25, -0.2) is 4.98 Å². The maximum Gasteiger partial charge on any atom is 0.272 e. The van der Waals surface area contributed by atoms with Gasteiger partial charge in [0.15, 0.2) is 0 Å². The molecule has 45 heavy (non-hydrogen) atoms. The molecule has 3 N–H and O–H groups in total. The molecule has 224 valence electrons. The number of pyridine rings is 1. The Hall–Kier alpha value is -4.89. The van der Waals surface area contributed by atoms with Crippen LogP contribution in [0.25, 0.3) is 6.08 Å². The number of carbonyl (C=O) groups is 3. The first-order valence-electron chi connectivity index (χ1n) is 13.7. The van der Waals surface area contributed by atoms with Gasteiger partial charge in [-0.2, -0.15) is 0 Å². The summed E-state index contributed by atoms with van der Waals surface area (Å²) in [5.41, 5.74) is 2.02. The zero-order valence-corrected chi connectivity index (χ0v) is 25.9.